The largest absolute Gasteiger partial charge is 0.484 e. The van der Waals surface area contributed by atoms with Gasteiger partial charge in [0.05, 0.1) is 24.7 Å². The summed E-state index contributed by atoms with van der Waals surface area (Å²) in [4.78, 5) is 21.2. The quantitative estimate of drug-likeness (QED) is 0.250. The van der Waals surface area contributed by atoms with Crippen LogP contribution in [0.3, 0.4) is 0 Å². The lowest BCUT2D eigenvalue weighted by molar-refractivity contribution is -0.123. The Balaban J connectivity index is 1.55. The lowest BCUT2D eigenvalue weighted by Gasteiger charge is -2.10. The fraction of sp³-hybridized carbons (Fsp3) is 0.429. The van der Waals surface area contributed by atoms with Crippen LogP contribution < -0.4 is 15.4 Å². The smallest absolute Gasteiger partial charge is 0.258 e. The van der Waals surface area contributed by atoms with Gasteiger partial charge in [-0.3, -0.25) is 4.79 Å². The van der Waals surface area contributed by atoms with Gasteiger partial charge in [0.15, 0.2) is 17.4 Å². The number of rotatable bonds is 12. The van der Waals surface area contributed by atoms with Crippen LogP contribution in [0.4, 0.5) is 5.82 Å². The molecule has 2 heterocycles. The summed E-state index contributed by atoms with van der Waals surface area (Å²) in [7, 11) is 0. The van der Waals surface area contributed by atoms with Gasteiger partial charge in [-0.25, -0.2) is 14.6 Å². The van der Waals surface area contributed by atoms with E-state index in [0.717, 1.165) is 22.4 Å². The van der Waals surface area contributed by atoms with E-state index in [1.165, 1.54) is 11.8 Å². The van der Waals surface area contributed by atoms with Crippen LogP contribution in [-0.4, -0.2) is 64.8 Å². The van der Waals surface area contributed by atoms with E-state index in [-0.39, 0.29) is 12.5 Å². The van der Waals surface area contributed by atoms with E-state index in [1.807, 2.05) is 44.4 Å². The van der Waals surface area contributed by atoms with Gasteiger partial charge in [-0.1, -0.05) is 29.5 Å². The van der Waals surface area contributed by atoms with Crippen LogP contribution in [0.15, 0.2) is 35.6 Å². The molecule has 1 amide bonds. The lowest BCUT2D eigenvalue weighted by Crippen LogP contribution is -2.31. The molecule has 10 heteroatoms. The third-order valence-electron chi connectivity index (χ3n) is 4.44. The zero-order valence-electron chi connectivity index (χ0n) is 18.1. The molecule has 0 bridgehead atoms. The fourth-order valence-corrected chi connectivity index (χ4v) is 3.21. The maximum atomic E-state index is 12.1. The first-order valence-corrected chi connectivity index (χ1v) is 11.4. The first-order chi connectivity index (χ1) is 15.1. The molecule has 0 aliphatic heterocycles. The Kier molecular flexibility index (Phi) is 8.48. The van der Waals surface area contributed by atoms with Gasteiger partial charge in [0.1, 0.15) is 11.6 Å². The molecule has 0 aliphatic rings. The summed E-state index contributed by atoms with van der Waals surface area (Å²) in [6, 6.07) is 7.59. The van der Waals surface area contributed by atoms with Crippen LogP contribution in [0.25, 0.3) is 11.0 Å². The molecular weight excluding hydrogens is 416 g/mol. The molecule has 9 nitrogen and oxygen atoms in total. The highest BCUT2D eigenvalue weighted by atomic mass is 32.2. The highest BCUT2D eigenvalue weighted by Crippen LogP contribution is 2.23. The number of aromatic nitrogens is 4. The van der Waals surface area contributed by atoms with E-state index in [0.29, 0.717) is 43.8 Å². The molecule has 1 aromatic carbocycles. The Hall–Kier alpha value is -2.85. The van der Waals surface area contributed by atoms with Gasteiger partial charge in [0.25, 0.3) is 5.91 Å². The maximum Gasteiger partial charge on any atom is 0.258 e. The molecule has 0 unspecified atom stereocenters. The van der Waals surface area contributed by atoms with Crippen LogP contribution in [0.2, 0.25) is 0 Å². The molecular formula is C21H28N6O3S. The number of aryl methyl sites for hydroxylation is 1. The van der Waals surface area contributed by atoms with E-state index < -0.39 is 0 Å². The topological polar surface area (TPSA) is 103 Å². The van der Waals surface area contributed by atoms with Crippen LogP contribution in [0.1, 0.15) is 12.5 Å². The predicted molar refractivity (Wildman–Crippen MR) is 122 cm³/mol. The number of nitrogens with one attached hydrogen (secondary N) is 2. The number of carbonyl (C=O) groups excluding carboxylic acids is 1. The van der Waals surface area contributed by atoms with Gasteiger partial charge in [0, 0.05) is 19.7 Å². The summed E-state index contributed by atoms with van der Waals surface area (Å²) in [5.41, 5.74) is 1.87. The summed E-state index contributed by atoms with van der Waals surface area (Å²) in [5.74, 6) is 1.22. The van der Waals surface area contributed by atoms with Gasteiger partial charge in [-0.2, -0.15) is 5.10 Å². The molecule has 2 N–H and O–H groups in total. The number of carbonyl (C=O) groups is 1. The van der Waals surface area contributed by atoms with Gasteiger partial charge in [0.2, 0.25) is 0 Å². The second-order valence-corrected chi connectivity index (χ2v) is 7.51. The highest BCUT2D eigenvalue weighted by Gasteiger charge is 2.13. The first-order valence-electron chi connectivity index (χ1n) is 10.2. The average molecular weight is 445 g/mol. The lowest BCUT2D eigenvalue weighted by atomic mass is 10.2. The SMILES string of the molecule is CCOCCNc1nc(SC)nc2c1cnn2CCNC(=O)COc1ccc(C)cc1. The number of nitrogens with zero attached hydrogens (tertiary/aromatic N) is 4. The minimum Gasteiger partial charge on any atom is -0.484 e. The molecule has 166 valence electrons. The second kappa shape index (κ2) is 11.5. The van der Waals surface area contributed by atoms with Crippen molar-refractivity contribution in [2.24, 2.45) is 0 Å². The van der Waals surface area contributed by atoms with E-state index >= 15 is 0 Å². The summed E-state index contributed by atoms with van der Waals surface area (Å²) < 4.78 is 12.7. The normalized spacial score (nSPS) is 10.9. The number of amides is 1. The molecule has 3 rings (SSSR count). The molecule has 0 saturated carbocycles. The van der Waals surface area contributed by atoms with E-state index in [2.05, 4.69) is 25.7 Å². The predicted octanol–water partition coefficient (Wildman–Crippen LogP) is 2.50. The zero-order chi connectivity index (χ0) is 22.1. The van der Waals surface area contributed by atoms with E-state index in [9.17, 15) is 4.79 Å². The highest BCUT2D eigenvalue weighted by molar-refractivity contribution is 7.98. The Morgan fingerprint density at radius 3 is 2.74 bits per heavy atom. The standard InChI is InChI=1S/C21H28N6O3S/c1-4-29-12-10-23-19-17-13-24-27(20(17)26-21(25-19)31-3)11-9-22-18(28)14-30-16-7-5-15(2)6-8-16/h5-8,13H,4,9-12,14H2,1-3H3,(H,22,28)(H,23,25,26). The van der Waals surface area contributed by atoms with Gasteiger partial charge in [-0.05, 0) is 32.2 Å². The van der Waals surface area contributed by atoms with Gasteiger partial charge in [-0.15, -0.1) is 0 Å². The number of fused-ring (bicyclic) bond motifs is 1. The molecule has 0 spiro atoms. The molecule has 0 aliphatic carbocycles. The number of ether oxygens (including phenoxy) is 2. The molecule has 0 radical (unpaired) electrons. The molecule has 31 heavy (non-hydrogen) atoms. The molecule has 2 aromatic heterocycles. The Morgan fingerprint density at radius 2 is 2.00 bits per heavy atom. The fourth-order valence-electron chi connectivity index (χ4n) is 2.85. The summed E-state index contributed by atoms with van der Waals surface area (Å²) in [6.07, 6.45) is 3.67. The van der Waals surface area contributed by atoms with Crippen molar-refractivity contribution in [1.29, 1.82) is 0 Å². The molecule has 3 aromatic rings. The summed E-state index contributed by atoms with van der Waals surface area (Å²) in [6.45, 7) is 6.76. The van der Waals surface area contributed by atoms with Crippen LogP contribution in [-0.2, 0) is 16.1 Å². The number of hydrogen-bond acceptors (Lipinski definition) is 8. The van der Waals surface area contributed by atoms with E-state index in [4.69, 9.17) is 9.47 Å². The zero-order valence-corrected chi connectivity index (χ0v) is 18.9. The number of anilines is 1. The molecule has 0 atom stereocenters. The van der Waals surface area contributed by atoms with Crippen molar-refractivity contribution in [3.05, 3.63) is 36.0 Å². The van der Waals surface area contributed by atoms with Crippen molar-refractivity contribution in [2.75, 3.05) is 44.5 Å². The summed E-state index contributed by atoms with van der Waals surface area (Å²) >= 11 is 1.47. The van der Waals surface area contributed by atoms with Gasteiger partial charge < -0.3 is 20.1 Å². The number of benzene rings is 1. The van der Waals surface area contributed by atoms with Crippen molar-refractivity contribution in [3.8, 4) is 5.75 Å². The van der Waals surface area contributed by atoms with Crippen molar-refractivity contribution in [1.82, 2.24) is 25.1 Å². The minimum absolute atomic E-state index is 0.0321. The van der Waals surface area contributed by atoms with Crippen molar-refractivity contribution in [3.63, 3.8) is 0 Å². The summed E-state index contributed by atoms with van der Waals surface area (Å²) in [5, 5.41) is 12.1. The Bertz CT molecular complexity index is 993. The molecule has 0 saturated heterocycles. The number of thioether (sulfide) groups is 1. The monoisotopic (exact) mass is 444 g/mol. The third-order valence-corrected chi connectivity index (χ3v) is 4.99. The van der Waals surface area contributed by atoms with Crippen molar-refractivity contribution in [2.45, 2.75) is 25.5 Å². The molecule has 0 fully saturated rings. The minimum atomic E-state index is -0.185. The second-order valence-electron chi connectivity index (χ2n) is 6.74. The maximum absolute atomic E-state index is 12.1. The van der Waals surface area contributed by atoms with Crippen molar-refractivity contribution >= 4 is 34.5 Å². The average Bonchev–Trinajstić information content (AvgIpc) is 3.19. The third kappa shape index (κ3) is 6.56. The van der Waals surface area contributed by atoms with Crippen molar-refractivity contribution < 1.29 is 14.3 Å². The number of hydrogen-bond donors (Lipinski definition) is 2. The van der Waals surface area contributed by atoms with Crippen LogP contribution in [0, 0.1) is 6.92 Å². The van der Waals surface area contributed by atoms with Crippen LogP contribution in [0.5, 0.6) is 5.75 Å². The Labute approximate surface area is 185 Å². The van der Waals surface area contributed by atoms with E-state index in [1.54, 1.807) is 10.9 Å². The van der Waals surface area contributed by atoms with Gasteiger partial charge >= 0.3 is 0 Å². The Morgan fingerprint density at radius 1 is 1.19 bits per heavy atom. The first kappa shape index (κ1) is 22.8. The van der Waals surface area contributed by atoms with Crippen LogP contribution >= 0.6 is 11.8 Å².